The van der Waals surface area contributed by atoms with Crippen LogP contribution in [0.4, 0.5) is 5.88 Å². The summed E-state index contributed by atoms with van der Waals surface area (Å²) in [6.45, 7) is 4.00. The van der Waals surface area contributed by atoms with Crippen molar-refractivity contribution >= 4 is 12.0 Å². The minimum Gasteiger partial charge on any atom is -0.335 e. The van der Waals surface area contributed by atoms with E-state index in [-0.39, 0.29) is 5.88 Å². The predicted molar refractivity (Wildman–Crippen MR) is 58.9 cm³/mol. The summed E-state index contributed by atoms with van der Waals surface area (Å²) >= 11 is 0. The highest BCUT2D eigenvalue weighted by Crippen LogP contribution is 2.21. The van der Waals surface area contributed by atoms with E-state index < -0.39 is 0 Å². The number of hydrogen-bond acceptors (Lipinski definition) is 5. The number of pyridine rings is 1. The molecule has 0 unspecified atom stereocenters. The molecule has 0 atom stereocenters. The molecule has 5 heteroatoms. The van der Waals surface area contributed by atoms with Crippen LogP contribution in [0.25, 0.3) is 11.3 Å². The van der Waals surface area contributed by atoms with Gasteiger partial charge in [-0.3, -0.25) is 4.98 Å². The highest BCUT2D eigenvalue weighted by molar-refractivity contribution is 5.60. The van der Waals surface area contributed by atoms with Gasteiger partial charge in [0.2, 0.25) is 6.08 Å². The summed E-state index contributed by atoms with van der Waals surface area (Å²) in [5, 5.41) is 3.73. The topological polar surface area (TPSA) is 68.3 Å². The fourth-order valence-corrected chi connectivity index (χ4v) is 1.02. The minimum absolute atomic E-state index is 0.145. The molecule has 0 aromatic carbocycles. The molecular formula is C11H11N3O2. The van der Waals surface area contributed by atoms with Crippen LogP contribution < -0.4 is 0 Å². The smallest absolute Gasteiger partial charge is 0.261 e. The molecule has 0 aliphatic carbocycles. The summed E-state index contributed by atoms with van der Waals surface area (Å²) in [6.07, 6.45) is 4.67. The van der Waals surface area contributed by atoms with Gasteiger partial charge in [0.15, 0.2) is 0 Å². The van der Waals surface area contributed by atoms with Crippen LogP contribution in [-0.4, -0.2) is 16.2 Å². The summed E-state index contributed by atoms with van der Waals surface area (Å²) in [5.41, 5.74) is 1.47. The lowest BCUT2D eigenvalue weighted by atomic mass is 10.2. The van der Waals surface area contributed by atoms with Gasteiger partial charge in [-0.2, -0.15) is 0 Å². The molecule has 2 aromatic heterocycles. The van der Waals surface area contributed by atoms with Crippen molar-refractivity contribution in [3.8, 4) is 11.3 Å². The molecule has 82 valence electrons. The summed E-state index contributed by atoms with van der Waals surface area (Å²) in [4.78, 5) is 17.1. The second-order valence-electron chi connectivity index (χ2n) is 2.49. The fourth-order valence-electron chi connectivity index (χ4n) is 1.02. The van der Waals surface area contributed by atoms with E-state index in [9.17, 15) is 4.79 Å². The maximum Gasteiger partial charge on any atom is 0.261 e. The fraction of sp³-hybridized carbons (Fsp3) is 0.182. The van der Waals surface area contributed by atoms with Gasteiger partial charge in [-0.25, -0.2) is 4.79 Å². The second-order valence-corrected chi connectivity index (χ2v) is 2.49. The van der Waals surface area contributed by atoms with Crippen molar-refractivity contribution in [1.29, 1.82) is 0 Å². The van der Waals surface area contributed by atoms with E-state index >= 15 is 0 Å². The number of carbonyl (C=O) groups excluding carboxylic acids is 1. The Bertz CT molecular complexity index is 473. The molecule has 0 saturated carbocycles. The van der Waals surface area contributed by atoms with Crippen LogP contribution in [0.3, 0.4) is 0 Å². The van der Waals surface area contributed by atoms with Gasteiger partial charge in [-0.05, 0) is 12.1 Å². The molecule has 0 saturated heterocycles. The molecule has 0 bridgehead atoms. The third-order valence-corrected chi connectivity index (χ3v) is 1.63. The Morgan fingerprint density at radius 2 is 2.00 bits per heavy atom. The Hall–Kier alpha value is -2.26. The quantitative estimate of drug-likeness (QED) is 0.573. The molecule has 0 amide bonds. The molecule has 2 aromatic rings. The normalized spacial score (nSPS) is 8.62. The van der Waals surface area contributed by atoms with Crippen molar-refractivity contribution < 1.29 is 9.32 Å². The van der Waals surface area contributed by atoms with E-state index in [2.05, 4.69) is 15.1 Å². The number of rotatable bonds is 2. The van der Waals surface area contributed by atoms with Gasteiger partial charge in [-0.1, -0.05) is 19.0 Å². The Morgan fingerprint density at radius 1 is 1.31 bits per heavy atom. The molecular weight excluding hydrogens is 206 g/mol. The summed E-state index contributed by atoms with van der Waals surface area (Å²) < 4.78 is 4.76. The Labute approximate surface area is 92.8 Å². The second kappa shape index (κ2) is 6.27. The van der Waals surface area contributed by atoms with Gasteiger partial charge in [0.1, 0.15) is 5.69 Å². The number of aliphatic imine (C=N–C) groups is 1. The van der Waals surface area contributed by atoms with E-state index in [1.54, 1.807) is 30.6 Å². The number of aromatic nitrogens is 2. The van der Waals surface area contributed by atoms with Crippen LogP contribution in [0.15, 0.2) is 40.1 Å². The van der Waals surface area contributed by atoms with Gasteiger partial charge < -0.3 is 4.52 Å². The zero-order valence-electron chi connectivity index (χ0n) is 9.04. The summed E-state index contributed by atoms with van der Waals surface area (Å²) in [5.74, 6) is 0.145. The van der Waals surface area contributed by atoms with E-state index in [0.717, 1.165) is 5.56 Å². The van der Waals surface area contributed by atoms with Crippen molar-refractivity contribution in [2.45, 2.75) is 13.8 Å². The van der Waals surface area contributed by atoms with Crippen molar-refractivity contribution in [2.75, 3.05) is 0 Å². The van der Waals surface area contributed by atoms with Gasteiger partial charge in [0.05, 0.1) is 0 Å². The lowest BCUT2D eigenvalue weighted by Crippen LogP contribution is -1.75. The zero-order valence-corrected chi connectivity index (χ0v) is 9.04. The monoisotopic (exact) mass is 217 g/mol. The van der Waals surface area contributed by atoms with Crippen LogP contribution in [-0.2, 0) is 4.79 Å². The number of hydrogen-bond donors (Lipinski definition) is 0. The molecule has 0 spiro atoms. The highest BCUT2D eigenvalue weighted by atomic mass is 16.5. The molecule has 0 aliphatic heterocycles. The SMILES string of the molecule is CC.O=C=Nc1cc(-c2ccncc2)no1. The zero-order chi connectivity index (χ0) is 11.8. The Kier molecular flexibility index (Phi) is 4.63. The molecule has 2 heterocycles. The highest BCUT2D eigenvalue weighted by Gasteiger charge is 2.04. The summed E-state index contributed by atoms with van der Waals surface area (Å²) in [6, 6.07) is 5.12. The van der Waals surface area contributed by atoms with Crippen molar-refractivity contribution in [2.24, 2.45) is 4.99 Å². The molecule has 0 radical (unpaired) electrons. The molecule has 2 rings (SSSR count). The largest absolute Gasteiger partial charge is 0.335 e. The van der Waals surface area contributed by atoms with Crippen molar-refractivity contribution in [1.82, 2.24) is 10.1 Å². The molecule has 0 aliphatic rings. The first kappa shape index (κ1) is 11.8. The maximum absolute atomic E-state index is 9.93. The van der Waals surface area contributed by atoms with E-state index in [0.29, 0.717) is 5.69 Å². The maximum atomic E-state index is 9.93. The third kappa shape index (κ3) is 2.87. The summed E-state index contributed by atoms with van der Waals surface area (Å²) in [7, 11) is 0. The van der Waals surface area contributed by atoms with Crippen LogP contribution in [0.1, 0.15) is 13.8 Å². The van der Waals surface area contributed by atoms with E-state index in [1.807, 2.05) is 13.8 Å². The van der Waals surface area contributed by atoms with Crippen molar-refractivity contribution in [3.63, 3.8) is 0 Å². The van der Waals surface area contributed by atoms with Gasteiger partial charge in [-0.15, -0.1) is 4.99 Å². The van der Waals surface area contributed by atoms with Crippen LogP contribution >= 0.6 is 0 Å². The lowest BCUT2D eigenvalue weighted by molar-refractivity contribution is 0.432. The first-order valence-electron chi connectivity index (χ1n) is 4.85. The van der Waals surface area contributed by atoms with E-state index in [1.165, 1.54) is 6.08 Å². The Morgan fingerprint density at radius 3 is 2.62 bits per heavy atom. The number of isocyanates is 1. The first-order valence-corrected chi connectivity index (χ1v) is 4.85. The van der Waals surface area contributed by atoms with Crippen LogP contribution in [0.5, 0.6) is 0 Å². The first-order chi connectivity index (χ1) is 7.90. The van der Waals surface area contributed by atoms with Gasteiger partial charge >= 0.3 is 0 Å². The predicted octanol–water partition coefficient (Wildman–Crippen LogP) is 2.73. The molecule has 16 heavy (non-hydrogen) atoms. The van der Waals surface area contributed by atoms with Crippen LogP contribution in [0.2, 0.25) is 0 Å². The average molecular weight is 217 g/mol. The lowest BCUT2D eigenvalue weighted by Gasteiger charge is -1.90. The van der Waals surface area contributed by atoms with Gasteiger partial charge in [0.25, 0.3) is 5.88 Å². The molecule has 5 nitrogen and oxygen atoms in total. The molecule has 0 fully saturated rings. The van der Waals surface area contributed by atoms with Gasteiger partial charge in [0, 0.05) is 24.0 Å². The number of nitrogens with zero attached hydrogens (tertiary/aromatic N) is 3. The minimum atomic E-state index is 0.145. The van der Waals surface area contributed by atoms with Crippen LogP contribution in [0, 0.1) is 0 Å². The third-order valence-electron chi connectivity index (χ3n) is 1.63. The Balaban J connectivity index is 0.000000606. The average Bonchev–Trinajstić information content (AvgIpc) is 2.82. The standard InChI is InChI=1S/C9H5N3O2.C2H6/c13-6-11-9-5-8(12-14-9)7-1-3-10-4-2-7;1-2/h1-5H;1-2H3. The molecule has 0 N–H and O–H groups in total. The van der Waals surface area contributed by atoms with E-state index in [4.69, 9.17) is 4.52 Å². The van der Waals surface area contributed by atoms with Crippen molar-refractivity contribution in [3.05, 3.63) is 30.6 Å².